The summed E-state index contributed by atoms with van der Waals surface area (Å²) in [6, 6.07) is 10.7. The zero-order valence-corrected chi connectivity index (χ0v) is 15.0. The van der Waals surface area contributed by atoms with Crippen LogP contribution >= 0.6 is 11.3 Å². The van der Waals surface area contributed by atoms with E-state index in [1.165, 1.54) is 11.3 Å². The van der Waals surface area contributed by atoms with Crippen LogP contribution in [-0.4, -0.2) is 40.9 Å². The van der Waals surface area contributed by atoms with Gasteiger partial charge < -0.3 is 15.3 Å². The quantitative estimate of drug-likeness (QED) is 0.845. The second kappa shape index (κ2) is 8.14. The number of benzene rings is 1. The Balaban J connectivity index is 1.57. The van der Waals surface area contributed by atoms with E-state index in [4.69, 9.17) is 5.11 Å². The van der Waals surface area contributed by atoms with Crippen molar-refractivity contribution in [2.45, 2.75) is 19.4 Å². The summed E-state index contributed by atoms with van der Waals surface area (Å²) in [4.78, 5) is 37.9. The number of piperidine rings is 1. The molecule has 136 valence electrons. The minimum atomic E-state index is -0.848. The summed E-state index contributed by atoms with van der Waals surface area (Å²) in [5, 5.41) is 13.8. The second-order valence-corrected chi connectivity index (χ2v) is 7.23. The van der Waals surface area contributed by atoms with Crippen molar-refractivity contribution in [3.63, 3.8) is 0 Å². The van der Waals surface area contributed by atoms with Crippen LogP contribution in [0.2, 0.25) is 0 Å². The Kier molecular flexibility index (Phi) is 5.68. The third kappa shape index (κ3) is 4.29. The van der Waals surface area contributed by atoms with E-state index < -0.39 is 11.9 Å². The van der Waals surface area contributed by atoms with Gasteiger partial charge in [0.15, 0.2) is 0 Å². The third-order valence-corrected chi connectivity index (χ3v) is 5.33. The second-order valence-electron chi connectivity index (χ2n) is 6.29. The maximum Gasteiger partial charge on any atom is 0.308 e. The van der Waals surface area contributed by atoms with E-state index >= 15 is 0 Å². The highest BCUT2D eigenvalue weighted by Gasteiger charge is 2.28. The summed E-state index contributed by atoms with van der Waals surface area (Å²) in [6.07, 6.45) is 1.32. The fourth-order valence-corrected chi connectivity index (χ4v) is 3.63. The summed E-state index contributed by atoms with van der Waals surface area (Å²) in [5.74, 6) is -1.60. The number of carbonyl (C=O) groups is 3. The number of carbonyl (C=O) groups excluding carboxylic acids is 2. The van der Waals surface area contributed by atoms with Crippen LogP contribution in [0.5, 0.6) is 0 Å². The summed E-state index contributed by atoms with van der Waals surface area (Å²) in [7, 11) is 0. The molecule has 1 aliphatic rings. The Morgan fingerprint density at radius 2 is 1.96 bits per heavy atom. The average molecular weight is 372 g/mol. The molecule has 1 unspecified atom stereocenters. The van der Waals surface area contributed by atoms with Crippen molar-refractivity contribution in [1.29, 1.82) is 0 Å². The molecule has 2 N–H and O–H groups in total. The zero-order valence-electron chi connectivity index (χ0n) is 14.2. The lowest BCUT2D eigenvalue weighted by Crippen LogP contribution is -2.42. The van der Waals surface area contributed by atoms with Crippen molar-refractivity contribution in [3.05, 3.63) is 57.8 Å². The molecule has 2 heterocycles. The number of amides is 2. The molecule has 3 rings (SSSR count). The van der Waals surface area contributed by atoms with Crippen LogP contribution in [0, 0.1) is 5.92 Å². The van der Waals surface area contributed by atoms with E-state index in [0.29, 0.717) is 36.4 Å². The molecule has 0 bridgehead atoms. The van der Waals surface area contributed by atoms with Crippen molar-refractivity contribution in [1.82, 2.24) is 10.2 Å². The molecule has 2 aromatic rings. The molecule has 6 nitrogen and oxygen atoms in total. The van der Waals surface area contributed by atoms with E-state index in [9.17, 15) is 14.4 Å². The third-order valence-electron chi connectivity index (χ3n) is 4.46. The first-order chi connectivity index (χ1) is 12.5. The van der Waals surface area contributed by atoms with Gasteiger partial charge in [0.2, 0.25) is 0 Å². The van der Waals surface area contributed by atoms with Gasteiger partial charge in [-0.25, -0.2) is 0 Å². The normalized spacial score (nSPS) is 16.9. The van der Waals surface area contributed by atoms with Gasteiger partial charge in [-0.05, 0) is 42.0 Å². The number of carboxylic acids is 1. The molecule has 1 fully saturated rings. The standard InChI is InChI=1S/C19H20N2O4S/c22-17(16-4-2-10-26-16)20-11-13-5-7-14(8-6-13)18(23)21-9-1-3-15(12-21)19(24)25/h2,4-8,10,15H,1,3,9,11-12H2,(H,20,22)(H,24,25). The van der Waals surface area contributed by atoms with Crippen LogP contribution in [0.4, 0.5) is 0 Å². The highest BCUT2D eigenvalue weighted by Crippen LogP contribution is 2.19. The maximum atomic E-state index is 12.6. The number of carboxylic acid groups (broad SMARTS) is 1. The van der Waals surface area contributed by atoms with Gasteiger partial charge in [-0.1, -0.05) is 18.2 Å². The number of thiophene rings is 1. The number of nitrogens with zero attached hydrogens (tertiary/aromatic N) is 1. The molecular formula is C19H20N2O4S. The lowest BCUT2D eigenvalue weighted by atomic mass is 9.97. The lowest BCUT2D eigenvalue weighted by molar-refractivity contribution is -0.143. The first-order valence-electron chi connectivity index (χ1n) is 8.47. The van der Waals surface area contributed by atoms with Crippen LogP contribution in [0.15, 0.2) is 41.8 Å². The van der Waals surface area contributed by atoms with Gasteiger partial charge in [0.05, 0.1) is 10.8 Å². The van der Waals surface area contributed by atoms with Crippen molar-refractivity contribution >= 4 is 29.1 Å². The minimum Gasteiger partial charge on any atom is -0.481 e. The molecule has 26 heavy (non-hydrogen) atoms. The summed E-state index contributed by atoms with van der Waals surface area (Å²) >= 11 is 1.39. The molecule has 0 spiro atoms. The number of rotatable bonds is 5. The van der Waals surface area contributed by atoms with Crippen molar-refractivity contribution in [2.24, 2.45) is 5.92 Å². The number of hydrogen-bond acceptors (Lipinski definition) is 4. The van der Waals surface area contributed by atoms with E-state index in [1.807, 2.05) is 11.4 Å². The molecule has 1 aliphatic heterocycles. The van der Waals surface area contributed by atoms with Gasteiger partial charge in [0, 0.05) is 25.2 Å². The summed E-state index contributed by atoms with van der Waals surface area (Å²) < 4.78 is 0. The molecule has 0 aliphatic carbocycles. The van der Waals surface area contributed by atoms with Crippen LogP contribution in [0.25, 0.3) is 0 Å². The SMILES string of the molecule is O=C(NCc1ccc(C(=O)N2CCCC(C(=O)O)C2)cc1)c1cccs1. The summed E-state index contributed by atoms with van der Waals surface area (Å²) in [6.45, 7) is 1.23. The first-order valence-corrected chi connectivity index (χ1v) is 9.35. The Labute approximate surface area is 155 Å². The molecule has 7 heteroatoms. The van der Waals surface area contributed by atoms with Crippen molar-refractivity contribution < 1.29 is 19.5 Å². The van der Waals surface area contributed by atoms with Crippen LogP contribution in [0.3, 0.4) is 0 Å². The smallest absolute Gasteiger partial charge is 0.308 e. The lowest BCUT2D eigenvalue weighted by Gasteiger charge is -2.30. The molecular weight excluding hydrogens is 352 g/mol. The first kappa shape index (κ1) is 18.1. The Bertz CT molecular complexity index is 786. The van der Waals surface area contributed by atoms with E-state index in [-0.39, 0.29) is 18.4 Å². The summed E-state index contributed by atoms with van der Waals surface area (Å²) in [5.41, 5.74) is 1.43. The Morgan fingerprint density at radius 1 is 1.19 bits per heavy atom. The topological polar surface area (TPSA) is 86.7 Å². The molecule has 1 aromatic heterocycles. The van der Waals surface area contributed by atoms with Gasteiger partial charge >= 0.3 is 5.97 Å². The minimum absolute atomic E-state index is 0.117. The number of nitrogens with one attached hydrogen (secondary N) is 1. The van der Waals surface area contributed by atoms with Crippen molar-refractivity contribution in [2.75, 3.05) is 13.1 Å². The van der Waals surface area contributed by atoms with E-state index in [2.05, 4.69) is 5.32 Å². The Hall–Kier alpha value is -2.67. The van der Waals surface area contributed by atoms with Gasteiger partial charge in [0.25, 0.3) is 11.8 Å². The fraction of sp³-hybridized carbons (Fsp3) is 0.316. The van der Waals surface area contributed by atoms with Crippen molar-refractivity contribution in [3.8, 4) is 0 Å². The Morgan fingerprint density at radius 3 is 2.62 bits per heavy atom. The maximum absolute atomic E-state index is 12.6. The molecule has 1 atom stereocenters. The molecule has 0 radical (unpaired) electrons. The van der Waals surface area contributed by atoms with Gasteiger partial charge in [-0.3, -0.25) is 14.4 Å². The molecule has 0 saturated carbocycles. The van der Waals surface area contributed by atoms with Crippen LogP contribution in [-0.2, 0) is 11.3 Å². The fourth-order valence-electron chi connectivity index (χ4n) is 2.99. The van der Waals surface area contributed by atoms with Gasteiger partial charge in [-0.15, -0.1) is 11.3 Å². The predicted molar refractivity (Wildman–Crippen MR) is 98.2 cm³/mol. The number of likely N-dealkylation sites (tertiary alicyclic amines) is 1. The predicted octanol–water partition coefficient (Wildman–Crippen LogP) is 2.61. The van der Waals surface area contributed by atoms with Gasteiger partial charge in [0.1, 0.15) is 0 Å². The van der Waals surface area contributed by atoms with Crippen LogP contribution in [0.1, 0.15) is 38.4 Å². The number of aliphatic carboxylic acids is 1. The highest BCUT2D eigenvalue weighted by atomic mass is 32.1. The number of hydrogen-bond donors (Lipinski definition) is 2. The largest absolute Gasteiger partial charge is 0.481 e. The van der Waals surface area contributed by atoms with Crippen LogP contribution < -0.4 is 5.32 Å². The highest BCUT2D eigenvalue weighted by molar-refractivity contribution is 7.12. The van der Waals surface area contributed by atoms with Gasteiger partial charge in [-0.2, -0.15) is 0 Å². The van der Waals surface area contributed by atoms with E-state index in [0.717, 1.165) is 5.56 Å². The monoisotopic (exact) mass is 372 g/mol. The molecule has 1 aromatic carbocycles. The average Bonchev–Trinajstić information content (AvgIpc) is 3.21. The molecule has 2 amide bonds. The van der Waals surface area contributed by atoms with E-state index in [1.54, 1.807) is 35.2 Å². The molecule has 1 saturated heterocycles. The zero-order chi connectivity index (χ0) is 18.5.